The summed E-state index contributed by atoms with van der Waals surface area (Å²) in [5.74, 6) is -0.178. The van der Waals surface area contributed by atoms with Crippen LogP contribution in [0.5, 0.6) is 0 Å². The number of sulfonamides is 1. The number of carbonyl (C=O) groups excluding carboxylic acids is 1. The van der Waals surface area contributed by atoms with Gasteiger partial charge in [0.05, 0.1) is 6.26 Å². The molecule has 1 aromatic carbocycles. The van der Waals surface area contributed by atoms with E-state index in [4.69, 9.17) is 11.6 Å². The summed E-state index contributed by atoms with van der Waals surface area (Å²) in [6.07, 6.45) is 5.17. The molecule has 2 rings (SSSR count). The lowest BCUT2D eigenvalue weighted by molar-refractivity contribution is -0.121. The Morgan fingerprint density at radius 1 is 1.12 bits per heavy atom. The molecular weight excluding hydrogens is 374 g/mol. The molecule has 6 nitrogen and oxygen atoms in total. The van der Waals surface area contributed by atoms with Crippen LogP contribution in [0.3, 0.4) is 0 Å². The molecule has 26 heavy (non-hydrogen) atoms. The predicted octanol–water partition coefficient (Wildman–Crippen LogP) is 2.25. The van der Waals surface area contributed by atoms with Crippen LogP contribution in [0.2, 0.25) is 5.02 Å². The van der Waals surface area contributed by atoms with E-state index in [1.807, 2.05) is 24.3 Å². The molecule has 1 aromatic heterocycles. The van der Waals surface area contributed by atoms with Crippen molar-refractivity contribution in [1.82, 2.24) is 14.6 Å². The molecule has 0 aliphatic rings. The zero-order valence-corrected chi connectivity index (χ0v) is 16.1. The minimum absolute atomic E-state index is 0.110. The number of amides is 1. The average molecular weight is 396 g/mol. The van der Waals surface area contributed by atoms with Gasteiger partial charge in [-0.25, -0.2) is 8.42 Å². The van der Waals surface area contributed by atoms with E-state index in [1.54, 1.807) is 24.5 Å². The van der Waals surface area contributed by atoms with Crippen molar-refractivity contribution in [3.8, 4) is 0 Å². The van der Waals surface area contributed by atoms with Crippen LogP contribution in [0.25, 0.3) is 0 Å². The third-order valence-corrected chi connectivity index (χ3v) is 5.32. The van der Waals surface area contributed by atoms with Gasteiger partial charge in [-0.3, -0.25) is 9.78 Å². The first-order chi connectivity index (χ1) is 12.3. The minimum Gasteiger partial charge on any atom is -0.356 e. The summed E-state index contributed by atoms with van der Waals surface area (Å²) in [4.78, 5) is 15.9. The molecule has 0 saturated carbocycles. The molecule has 140 valence electrons. The van der Waals surface area contributed by atoms with E-state index in [2.05, 4.69) is 10.3 Å². The van der Waals surface area contributed by atoms with Gasteiger partial charge in [0.25, 0.3) is 0 Å². The van der Waals surface area contributed by atoms with Crippen LogP contribution in [-0.2, 0) is 27.8 Å². The van der Waals surface area contributed by atoms with Crippen molar-refractivity contribution >= 4 is 27.5 Å². The monoisotopic (exact) mass is 395 g/mol. The number of nitrogens with zero attached hydrogens (tertiary/aromatic N) is 2. The zero-order chi connectivity index (χ0) is 19.0. The highest BCUT2D eigenvalue weighted by Crippen LogP contribution is 2.10. The second kappa shape index (κ2) is 9.66. The first-order valence-electron chi connectivity index (χ1n) is 8.20. The third kappa shape index (κ3) is 7.11. The summed E-state index contributed by atoms with van der Waals surface area (Å²) in [7, 11) is -3.41. The van der Waals surface area contributed by atoms with Crippen molar-refractivity contribution in [3.63, 3.8) is 0 Å². The molecule has 8 heteroatoms. The molecular formula is C18H22ClN3O3S. The fraction of sp³-hybridized carbons (Fsp3) is 0.333. The summed E-state index contributed by atoms with van der Waals surface area (Å²) in [6.45, 7) is 0.844. The molecule has 2 aromatic rings. The van der Waals surface area contributed by atoms with Crippen LogP contribution >= 0.6 is 11.6 Å². The van der Waals surface area contributed by atoms with Gasteiger partial charge in [-0.05, 0) is 41.8 Å². The van der Waals surface area contributed by atoms with Crippen LogP contribution in [0.4, 0.5) is 0 Å². The number of carbonyl (C=O) groups is 1. The highest BCUT2D eigenvalue weighted by Gasteiger charge is 2.18. The Morgan fingerprint density at radius 3 is 2.38 bits per heavy atom. The maximum atomic E-state index is 12.0. The molecule has 1 amide bonds. The molecule has 1 heterocycles. The Hall–Kier alpha value is -1.96. The number of nitrogens with one attached hydrogen (secondary N) is 1. The van der Waals surface area contributed by atoms with Crippen LogP contribution in [0, 0.1) is 0 Å². The van der Waals surface area contributed by atoms with Gasteiger partial charge in [0, 0.05) is 43.5 Å². The van der Waals surface area contributed by atoms with Crippen molar-refractivity contribution in [2.45, 2.75) is 19.4 Å². The van der Waals surface area contributed by atoms with E-state index in [1.165, 1.54) is 4.31 Å². The lowest BCUT2D eigenvalue weighted by atomic mass is 10.1. The highest BCUT2D eigenvalue weighted by molar-refractivity contribution is 7.88. The van der Waals surface area contributed by atoms with Gasteiger partial charge in [-0.1, -0.05) is 23.7 Å². The molecule has 0 bridgehead atoms. The smallest absolute Gasteiger partial charge is 0.221 e. The van der Waals surface area contributed by atoms with Gasteiger partial charge >= 0.3 is 0 Å². The predicted molar refractivity (Wildman–Crippen MR) is 102 cm³/mol. The first-order valence-corrected chi connectivity index (χ1v) is 10.4. The van der Waals surface area contributed by atoms with Gasteiger partial charge in [0.1, 0.15) is 0 Å². The number of hydrogen-bond donors (Lipinski definition) is 1. The van der Waals surface area contributed by atoms with E-state index in [-0.39, 0.29) is 25.4 Å². The van der Waals surface area contributed by atoms with Crippen LogP contribution in [0.1, 0.15) is 17.5 Å². The van der Waals surface area contributed by atoms with Gasteiger partial charge < -0.3 is 5.32 Å². The lowest BCUT2D eigenvalue weighted by Crippen LogP contribution is -2.34. The summed E-state index contributed by atoms with van der Waals surface area (Å²) in [5, 5.41) is 3.49. The molecule has 0 aliphatic carbocycles. The summed E-state index contributed by atoms with van der Waals surface area (Å²) < 4.78 is 25.2. The SMILES string of the molecule is CS(=O)(=O)N(CCC(=O)NCCc1ccc(Cl)cc1)Cc1ccncc1. The highest BCUT2D eigenvalue weighted by atomic mass is 35.5. The van der Waals surface area contributed by atoms with E-state index in [9.17, 15) is 13.2 Å². The van der Waals surface area contributed by atoms with Gasteiger partial charge in [0.15, 0.2) is 0 Å². The molecule has 0 radical (unpaired) electrons. The molecule has 0 unspecified atom stereocenters. The first kappa shape index (κ1) is 20.4. The van der Waals surface area contributed by atoms with Crippen molar-refractivity contribution in [1.29, 1.82) is 0 Å². The van der Waals surface area contributed by atoms with Crippen LogP contribution in [-0.4, -0.2) is 43.0 Å². The quantitative estimate of drug-likeness (QED) is 0.706. The Labute approximate surface area is 159 Å². The normalized spacial score (nSPS) is 11.5. The Kier molecular flexibility index (Phi) is 7.56. The number of hydrogen-bond acceptors (Lipinski definition) is 4. The topological polar surface area (TPSA) is 79.4 Å². The fourth-order valence-corrected chi connectivity index (χ4v) is 3.30. The number of halogens is 1. The Morgan fingerprint density at radius 2 is 1.77 bits per heavy atom. The number of benzene rings is 1. The Bertz CT molecular complexity index is 811. The summed E-state index contributed by atoms with van der Waals surface area (Å²) in [6, 6.07) is 10.9. The van der Waals surface area contributed by atoms with Crippen molar-refractivity contribution in [2.24, 2.45) is 0 Å². The molecule has 0 saturated heterocycles. The number of rotatable bonds is 9. The molecule has 0 fully saturated rings. The van der Waals surface area contributed by atoms with E-state index in [0.717, 1.165) is 17.4 Å². The van der Waals surface area contributed by atoms with Crippen molar-refractivity contribution in [3.05, 3.63) is 64.9 Å². The second-order valence-corrected chi connectivity index (χ2v) is 8.35. The third-order valence-electron chi connectivity index (χ3n) is 3.81. The van der Waals surface area contributed by atoms with Crippen molar-refractivity contribution < 1.29 is 13.2 Å². The van der Waals surface area contributed by atoms with E-state index >= 15 is 0 Å². The van der Waals surface area contributed by atoms with Gasteiger partial charge in [-0.2, -0.15) is 4.31 Å². The minimum atomic E-state index is -3.41. The maximum Gasteiger partial charge on any atom is 0.221 e. The van der Waals surface area contributed by atoms with Gasteiger partial charge in [-0.15, -0.1) is 0 Å². The number of pyridine rings is 1. The maximum absolute atomic E-state index is 12.0. The second-order valence-electron chi connectivity index (χ2n) is 5.93. The molecule has 0 atom stereocenters. The Balaban J connectivity index is 1.80. The molecule has 1 N–H and O–H groups in total. The largest absolute Gasteiger partial charge is 0.356 e. The summed E-state index contributed by atoms with van der Waals surface area (Å²) in [5.41, 5.74) is 1.90. The van der Waals surface area contributed by atoms with Gasteiger partial charge in [0.2, 0.25) is 15.9 Å². The molecule has 0 spiro atoms. The van der Waals surface area contributed by atoms with Crippen molar-refractivity contribution in [2.75, 3.05) is 19.3 Å². The number of aromatic nitrogens is 1. The van der Waals surface area contributed by atoms with E-state index < -0.39 is 10.0 Å². The standard InChI is InChI=1S/C18H22ClN3O3S/c1-26(24,25)22(14-16-6-10-20-11-7-16)13-9-18(23)21-12-8-15-2-4-17(19)5-3-15/h2-7,10-11H,8-9,12-14H2,1H3,(H,21,23). The average Bonchev–Trinajstić information content (AvgIpc) is 2.60. The van der Waals surface area contributed by atoms with Crippen LogP contribution in [0.15, 0.2) is 48.8 Å². The van der Waals surface area contributed by atoms with Crippen LogP contribution < -0.4 is 5.32 Å². The van der Waals surface area contributed by atoms with E-state index in [0.29, 0.717) is 18.0 Å². The fourth-order valence-electron chi connectivity index (χ4n) is 2.37. The zero-order valence-electron chi connectivity index (χ0n) is 14.6. The lowest BCUT2D eigenvalue weighted by Gasteiger charge is -2.19. The molecule has 0 aliphatic heterocycles. The summed E-state index contributed by atoms with van der Waals surface area (Å²) >= 11 is 5.83.